The number of hydrogen-bond acceptors (Lipinski definition) is 3. The van der Waals surface area contributed by atoms with Crippen molar-refractivity contribution < 1.29 is 13.2 Å². The van der Waals surface area contributed by atoms with Crippen LogP contribution in [-0.2, 0) is 20.4 Å². The summed E-state index contributed by atoms with van der Waals surface area (Å²) < 4.78 is 24.0. The van der Waals surface area contributed by atoms with Gasteiger partial charge in [0, 0.05) is 6.42 Å². The first-order chi connectivity index (χ1) is 8.98. The lowest BCUT2D eigenvalue weighted by atomic mass is 10.1. The van der Waals surface area contributed by atoms with Gasteiger partial charge in [0.15, 0.2) is 9.84 Å². The maximum absolute atomic E-state index is 12.0. The molecule has 0 saturated carbocycles. The number of fused-ring (bicyclic) bond motifs is 1. The summed E-state index contributed by atoms with van der Waals surface area (Å²) in [5.41, 5.74) is 0.793. The van der Waals surface area contributed by atoms with E-state index in [-0.39, 0.29) is 23.7 Å². The fraction of sp³-hybridized carbons (Fsp3) is 0.267. The average Bonchev–Trinajstić information content (AvgIpc) is 2.37. The van der Waals surface area contributed by atoms with Crippen LogP contribution in [-0.4, -0.2) is 20.0 Å². The van der Waals surface area contributed by atoms with Gasteiger partial charge in [0.1, 0.15) is 5.78 Å². The minimum absolute atomic E-state index is 0.0123. The molecule has 0 fully saturated rings. The van der Waals surface area contributed by atoms with Crippen molar-refractivity contribution in [3.05, 3.63) is 48.0 Å². The quantitative estimate of drug-likeness (QED) is 0.843. The second-order valence-corrected chi connectivity index (χ2v) is 6.87. The van der Waals surface area contributed by atoms with Gasteiger partial charge in [-0.25, -0.2) is 8.42 Å². The van der Waals surface area contributed by atoms with Gasteiger partial charge >= 0.3 is 0 Å². The van der Waals surface area contributed by atoms with Gasteiger partial charge in [0.25, 0.3) is 0 Å². The van der Waals surface area contributed by atoms with E-state index in [1.54, 1.807) is 0 Å². The van der Waals surface area contributed by atoms with Crippen LogP contribution in [0.2, 0.25) is 0 Å². The summed E-state index contributed by atoms with van der Waals surface area (Å²) in [7, 11) is -3.24. The number of benzene rings is 2. The first-order valence-electron chi connectivity index (χ1n) is 6.14. The highest BCUT2D eigenvalue weighted by atomic mass is 32.2. The maximum Gasteiger partial charge on any atom is 0.154 e. The highest BCUT2D eigenvalue weighted by Crippen LogP contribution is 2.20. The Hall–Kier alpha value is -1.68. The summed E-state index contributed by atoms with van der Waals surface area (Å²) in [5, 5.41) is 1.98. The van der Waals surface area contributed by atoms with E-state index in [9.17, 15) is 13.2 Å². The summed E-state index contributed by atoms with van der Waals surface area (Å²) in [6, 6.07) is 13.4. The van der Waals surface area contributed by atoms with Gasteiger partial charge in [0.05, 0.1) is 11.5 Å². The Labute approximate surface area is 113 Å². The Morgan fingerprint density at radius 2 is 1.74 bits per heavy atom. The van der Waals surface area contributed by atoms with Gasteiger partial charge < -0.3 is 0 Å². The molecule has 0 unspecified atom stereocenters. The van der Waals surface area contributed by atoms with Gasteiger partial charge in [-0.15, -0.1) is 0 Å². The van der Waals surface area contributed by atoms with Gasteiger partial charge in [-0.3, -0.25) is 4.79 Å². The Kier molecular flexibility index (Phi) is 4.00. The molecule has 4 heteroatoms. The van der Waals surface area contributed by atoms with Crippen molar-refractivity contribution in [3.63, 3.8) is 0 Å². The zero-order valence-corrected chi connectivity index (χ0v) is 11.6. The summed E-state index contributed by atoms with van der Waals surface area (Å²) in [6.07, 6.45) is 0.0904. The molecular formula is C15H16O3S. The second kappa shape index (κ2) is 5.53. The van der Waals surface area contributed by atoms with Crippen molar-refractivity contribution in [1.29, 1.82) is 0 Å². The number of sulfone groups is 1. The normalized spacial score (nSPS) is 11.6. The molecule has 0 N–H and O–H groups in total. The molecule has 2 rings (SSSR count). The standard InChI is InChI=1S/C15H16O3S/c1-12(16)9-10-19(17,18)11-14-7-4-6-13-5-2-3-8-15(13)14/h2-8H,9-11H2,1H3. The second-order valence-electron chi connectivity index (χ2n) is 4.68. The average molecular weight is 276 g/mol. The SMILES string of the molecule is CC(=O)CCS(=O)(=O)Cc1cccc2ccccc12. The molecular weight excluding hydrogens is 260 g/mol. The van der Waals surface area contributed by atoms with E-state index in [0.717, 1.165) is 16.3 Å². The summed E-state index contributed by atoms with van der Waals surface area (Å²) in [6.45, 7) is 1.41. The first-order valence-corrected chi connectivity index (χ1v) is 7.96. The van der Waals surface area contributed by atoms with Crippen molar-refractivity contribution in [3.8, 4) is 0 Å². The third kappa shape index (κ3) is 3.64. The van der Waals surface area contributed by atoms with Gasteiger partial charge in [-0.1, -0.05) is 42.5 Å². The summed E-state index contributed by atoms with van der Waals surface area (Å²) in [5.74, 6) is -0.186. The molecule has 0 bridgehead atoms. The molecule has 0 aliphatic carbocycles. The molecule has 0 aliphatic rings. The zero-order valence-electron chi connectivity index (χ0n) is 10.8. The molecule has 19 heavy (non-hydrogen) atoms. The zero-order chi connectivity index (χ0) is 13.9. The van der Waals surface area contributed by atoms with Crippen LogP contribution in [0.5, 0.6) is 0 Å². The highest BCUT2D eigenvalue weighted by Gasteiger charge is 2.14. The molecule has 100 valence electrons. The van der Waals surface area contributed by atoms with Crippen LogP contribution in [0.25, 0.3) is 10.8 Å². The van der Waals surface area contributed by atoms with Gasteiger partial charge in [0.2, 0.25) is 0 Å². The fourth-order valence-electron chi connectivity index (χ4n) is 2.03. The van der Waals surface area contributed by atoms with E-state index in [2.05, 4.69) is 0 Å². The fourth-order valence-corrected chi connectivity index (χ4v) is 3.50. The lowest BCUT2D eigenvalue weighted by Crippen LogP contribution is -2.12. The number of hydrogen-bond donors (Lipinski definition) is 0. The van der Waals surface area contributed by atoms with Crippen molar-refractivity contribution in [1.82, 2.24) is 0 Å². The van der Waals surface area contributed by atoms with E-state index >= 15 is 0 Å². The van der Waals surface area contributed by atoms with Crippen LogP contribution >= 0.6 is 0 Å². The molecule has 0 radical (unpaired) electrons. The molecule has 0 aliphatic heterocycles. The topological polar surface area (TPSA) is 51.2 Å². The van der Waals surface area contributed by atoms with E-state index in [1.807, 2.05) is 42.5 Å². The van der Waals surface area contributed by atoms with Crippen molar-refractivity contribution in [2.45, 2.75) is 19.1 Å². The van der Waals surface area contributed by atoms with Crippen LogP contribution in [0.3, 0.4) is 0 Å². The van der Waals surface area contributed by atoms with E-state index in [4.69, 9.17) is 0 Å². The minimum atomic E-state index is -3.24. The van der Waals surface area contributed by atoms with Crippen molar-refractivity contribution >= 4 is 26.4 Å². The Balaban J connectivity index is 2.28. The van der Waals surface area contributed by atoms with Crippen LogP contribution in [0, 0.1) is 0 Å². The minimum Gasteiger partial charge on any atom is -0.300 e. The Bertz CT molecular complexity index is 697. The smallest absolute Gasteiger partial charge is 0.154 e. The lowest BCUT2D eigenvalue weighted by Gasteiger charge is -2.07. The van der Waals surface area contributed by atoms with E-state index < -0.39 is 9.84 Å². The summed E-state index contributed by atoms with van der Waals surface area (Å²) >= 11 is 0. The van der Waals surface area contributed by atoms with Crippen LogP contribution < -0.4 is 0 Å². The monoisotopic (exact) mass is 276 g/mol. The van der Waals surface area contributed by atoms with Crippen molar-refractivity contribution in [2.24, 2.45) is 0 Å². The maximum atomic E-state index is 12.0. The van der Waals surface area contributed by atoms with Crippen molar-refractivity contribution in [2.75, 3.05) is 5.75 Å². The third-order valence-corrected chi connectivity index (χ3v) is 4.60. The number of ketones is 1. The molecule has 2 aromatic carbocycles. The number of carbonyl (C=O) groups excluding carboxylic acids is 1. The highest BCUT2D eigenvalue weighted by molar-refractivity contribution is 7.90. The molecule has 2 aromatic rings. The summed E-state index contributed by atoms with van der Waals surface area (Å²) in [4.78, 5) is 10.9. The lowest BCUT2D eigenvalue weighted by molar-refractivity contribution is -0.116. The molecule has 0 heterocycles. The molecule has 3 nitrogen and oxygen atoms in total. The number of Topliss-reactive ketones (excluding diaryl/α,β-unsaturated/α-hetero) is 1. The number of carbonyl (C=O) groups is 1. The molecule has 0 atom stereocenters. The van der Waals surface area contributed by atoms with E-state index in [1.165, 1.54) is 6.92 Å². The number of rotatable bonds is 5. The predicted octanol–water partition coefficient (Wildman–Crippen LogP) is 2.73. The van der Waals surface area contributed by atoms with E-state index in [0.29, 0.717) is 0 Å². The van der Waals surface area contributed by atoms with Crippen LogP contribution in [0.4, 0.5) is 0 Å². The molecule has 0 saturated heterocycles. The van der Waals surface area contributed by atoms with Crippen LogP contribution in [0.15, 0.2) is 42.5 Å². The van der Waals surface area contributed by atoms with Gasteiger partial charge in [-0.05, 0) is 23.3 Å². The van der Waals surface area contributed by atoms with Gasteiger partial charge in [-0.2, -0.15) is 0 Å². The predicted molar refractivity (Wildman–Crippen MR) is 76.7 cm³/mol. The first kappa shape index (κ1) is 13.7. The Morgan fingerprint density at radius 1 is 1.05 bits per heavy atom. The largest absolute Gasteiger partial charge is 0.300 e. The molecule has 0 aromatic heterocycles. The molecule has 0 spiro atoms. The Morgan fingerprint density at radius 3 is 2.47 bits per heavy atom. The molecule has 0 amide bonds. The third-order valence-electron chi connectivity index (χ3n) is 3.02. The van der Waals surface area contributed by atoms with Crippen LogP contribution in [0.1, 0.15) is 18.9 Å².